The number of nitrogens with zero attached hydrogens (tertiary/aromatic N) is 5. The minimum atomic E-state index is -0.296. The Morgan fingerprint density at radius 2 is 2.42 bits per heavy atom. The minimum Gasteiger partial charge on any atom is -0.382 e. The highest BCUT2D eigenvalue weighted by Crippen LogP contribution is 2.09. The Balaban J connectivity index is 1.98. The molecule has 0 saturated heterocycles. The summed E-state index contributed by atoms with van der Waals surface area (Å²) in [5, 5.41) is 13.4. The topological polar surface area (TPSA) is 94.8 Å². The molecule has 0 bridgehead atoms. The molecule has 8 heteroatoms. The second kappa shape index (κ2) is 6.55. The molecule has 2 heterocycles. The van der Waals surface area contributed by atoms with Gasteiger partial charge in [0.25, 0.3) is 0 Å². The lowest BCUT2D eigenvalue weighted by Gasteiger charge is -2.17. The van der Waals surface area contributed by atoms with Crippen molar-refractivity contribution in [3.05, 3.63) is 36.4 Å². The fourth-order valence-corrected chi connectivity index (χ4v) is 1.59. The van der Waals surface area contributed by atoms with Gasteiger partial charge >= 0.3 is 0 Å². The summed E-state index contributed by atoms with van der Waals surface area (Å²) < 4.78 is 6.44. The molecule has 2 aromatic heterocycles. The van der Waals surface area contributed by atoms with E-state index in [1.54, 1.807) is 13.3 Å². The standard InChI is InChI=1S/C11H14N6O2/c1-19-7-10(9-4-2-3-5-12-9)14-11(18)6-17-8-13-15-16-17/h2-5,8,10H,6-7H2,1H3,(H,14,18). The summed E-state index contributed by atoms with van der Waals surface area (Å²) in [6.45, 7) is 0.401. The fraction of sp³-hybridized carbons (Fsp3) is 0.364. The van der Waals surface area contributed by atoms with Crippen LogP contribution in [-0.2, 0) is 16.1 Å². The van der Waals surface area contributed by atoms with Gasteiger partial charge in [0.15, 0.2) is 0 Å². The Hall–Kier alpha value is -2.35. The molecule has 8 nitrogen and oxygen atoms in total. The molecule has 0 aromatic carbocycles. The van der Waals surface area contributed by atoms with E-state index in [-0.39, 0.29) is 18.5 Å². The minimum absolute atomic E-state index is 0.0556. The number of tetrazole rings is 1. The summed E-state index contributed by atoms with van der Waals surface area (Å²) in [5.41, 5.74) is 0.745. The number of pyridine rings is 1. The van der Waals surface area contributed by atoms with Crippen molar-refractivity contribution in [2.75, 3.05) is 13.7 Å². The molecule has 0 fully saturated rings. The van der Waals surface area contributed by atoms with Gasteiger partial charge in [0.1, 0.15) is 12.9 Å². The first-order valence-corrected chi connectivity index (χ1v) is 5.69. The Morgan fingerprint density at radius 1 is 1.53 bits per heavy atom. The van der Waals surface area contributed by atoms with E-state index >= 15 is 0 Å². The first-order valence-electron chi connectivity index (χ1n) is 5.69. The van der Waals surface area contributed by atoms with Crippen LogP contribution in [0.3, 0.4) is 0 Å². The van der Waals surface area contributed by atoms with E-state index in [2.05, 4.69) is 25.8 Å². The van der Waals surface area contributed by atoms with Gasteiger partial charge in [-0.3, -0.25) is 9.78 Å². The van der Waals surface area contributed by atoms with E-state index in [4.69, 9.17) is 4.74 Å². The lowest BCUT2D eigenvalue weighted by Crippen LogP contribution is -2.34. The van der Waals surface area contributed by atoms with Crippen LogP contribution in [0.25, 0.3) is 0 Å². The number of carbonyl (C=O) groups is 1. The zero-order chi connectivity index (χ0) is 13.5. The van der Waals surface area contributed by atoms with Gasteiger partial charge in [-0.05, 0) is 22.6 Å². The summed E-state index contributed by atoms with van der Waals surface area (Å²) >= 11 is 0. The zero-order valence-electron chi connectivity index (χ0n) is 10.4. The monoisotopic (exact) mass is 262 g/mol. The average molecular weight is 262 g/mol. The van der Waals surface area contributed by atoms with Crippen LogP contribution >= 0.6 is 0 Å². The van der Waals surface area contributed by atoms with E-state index in [1.807, 2.05) is 18.2 Å². The fourth-order valence-electron chi connectivity index (χ4n) is 1.59. The van der Waals surface area contributed by atoms with Crippen LogP contribution in [0.5, 0.6) is 0 Å². The Kier molecular flexibility index (Phi) is 4.51. The van der Waals surface area contributed by atoms with Crippen molar-refractivity contribution in [2.24, 2.45) is 0 Å². The molecule has 100 valence electrons. The van der Waals surface area contributed by atoms with Gasteiger partial charge in [0.2, 0.25) is 5.91 Å². The number of nitrogens with one attached hydrogen (secondary N) is 1. The molecule has 2 aromatic rings. The molecular weight excluding hydrogens is 248 g/mol. The molecule has 19 heavy (non-hydrogen) atoms. The van der Waals surface area contributed by atoms with Crippen molar-refractivity contribution < 1.29 is 9.53 Å². The highest BCUT2D eigenvalue weighted by molar-refractivity contribution is 5.76. The van der Waals surface area contributed by atoms with Crippen LogP contribution in [0.4, 0.5) is 0 Å². The molecule has 1 amide bonds. The van der Waals surface area contributed by atoms with Gasteiger partial charge in [-0.25, -0.2) is 4.68 Å². The van der Waals surface area contributed by atoms with E-state index in [0.29, 0.717) is 6.61 Å². The van der Waals surface area contributed by atoms with Gasteiger partial charge in [-0.1, -0.05) is 6.07 Å². The average Bonchev–Trinajstić information content (AvgIpc) is 2.92. The van der Waals surface area contributed by atoms with Crippen molar-refractivity contribution >= 4 is 5.91 Å². The van der Waals surface area contributed by atoms with Gasteiger partial charge in [-0.15, -0.1) is 5.10 Å². The maximum atomic E-state index is 11.9. The van der Waals surface area contributed by atoms with Gasteiger partial charge < -0.3 is 10.1 Å². The third-order valence-electron chi connectivity index (χ3n) is 2.41. The lowest BCUT2D eigenvalue weighted by molar-refractivity contribution is -0.123. The predicted molar refractivity (Wildman–Crippen MR) is 64.8 cm³/mol. The molecule has 1 N–H and O–H groups in total. The van der Waals surface area contributed by atoms with Crippen LogP contribution in [0.1, 0.15) is 11.7 Å². The molecular formula is C11H14N6O2. The van der Waals surface area contributed by atoms with E-state index in [9.17, 15) is 4.79 Å². The van der Waals surface area contributed by atoms with Crippen LogP contribution in [0.15, 0.2) is 30.7 Å². The molecule has 2 rings (SSSR count). The van der Waals surface area contributed by atoms with Crippen molar-refractivity contribution in [3.63, 3.8) is 0 Å². The number of rotatable bonds is 6. The SMILES string of the molecule is COCC(NC(=O)Cn1cnnn1)c1ccccn1. The molecule has 0 saturated carbocycles. The highest BCUT2D eigenvalue weighted by atomic mass is 16.5. The number of carbonyl (C=O) groups excluding carboxylic acids is 1. The van der Waals surface area contributed by atoms with Gasteiger partial charge in [0.05, 0.1) is 18.3 Å². The van der Waals surface area contributed by atoms with Crippen LogP contribution in [0.2, 0.25) is 0 Å². The largest absolute Gasteiger partial charge is 0.382 e. The van der Waals surface area contributed by atoms with Crippen LogP contribution < -0.4 is 5.32 Å². The molecule has 1 unspecified atom stereocenters. The van der Waals surface area contributed by atoms with Crippen molar-refractivity contribution in [2.45, 2.75) is 12.6 Å². The summed E-state index contributed by atoms with van der Waals surface area (Å²) in [7, 11) is 1.57. The number of hydrogen-bond donors (Lipinski definition) is 1. The van der Waals surface area contributed by atoms with E-state index in [0.717, 1.165) is 5.69 Å². The predicted octanol–water partition coefficient (Wildman–Crippen LogP) is -0.428. The summed E-state index contributed by atoms with van der Waals surface area (Å²) in [6.07, 6.45) is 3.05. The molecule has 0 aliphatic heterocycles. The quantitative estimate of drug-likeness (QED) is 0.759. The van der Waals surface area contributed by atoms with Crippen molar-refractivity contribution in [1.82, 2.24) is 30.5 Å². The highest BCUT2D eigenvalue weighted by Gasteiger charge is 2.15. The van der Waals surface area contributed by atoms with E-state index < -0.39 is 0 Å². The van der Waals surface area contributed by atoms with E-state index in [1.165, 1.54) is 11.0 Å². The smallest absolute Gasteiger partial charge is 0.242 e. The Morgan fingerprint density at radius 3 is 3.05 bits per heavy atom. The van der Waals surface area contributed by atoms with Gasteiger partial charge in [0, 0.05) is 13.3 Å². The zero-order valence-corrected chi connectivity index (χ0v) is 10.4. The first-order chi connectivity index (χ1) is 9.29. The second-order valence-corrected chi connectivity index (χ2v) is 3.84. The van der Waals surface area contributed by atoms with Crippen molar-refractivity contribution in [1.29, 1.82) is 0 Å². The Labute approximate surface area is 109 Å². The summed E-state index contributed by atoms with van der Waals surface area (Å²) in [5.74, 6) is -0.208. The Bertz CT molecular complexity index is 501. The van der Waals surface area contributed by atoms with Crippen molar-refractivity contribution in [3.8, 4) is 0 Å². The third kappa shape index (κ3) is 3.81. The maximum Gasteiger partial charge on any atom is 0.242 e. The second-order valence-electron chi connectivity index (χ2n) is 3.84. The number of aromatic nitrogens is 5. The number of ether oxygens (including phenoxy) is 1. The molecule has 1 atom stereocenters. The summed E-state index contributed by atoms with van der Waals surface area (Å²) in [4.78, 5) is 16.1. The normalized spacial score (nSPS) is 12.1. The number of amides is 1. The summed E-state index contributed by atoms with van der Waals surface area (Å²) in [6, 6.07) is 5.21. The number of hydrogen-bond acceptors (Lipinski definition) is 6. The molecule has 0 aliphatic carbocycles. The molecule has 0 aliphatic rings. The van der Waals surface area contributed by atoms with Crippen LogP contribution in [-0.4, -0.2) is 44.8 Å². The number of methoxy groups -OCH3 is 1. The maximum absolute atomic E-state index is 11.9. The molecule has 0 spiro atoms. The van der Waals surface area contributed by atoms with Gasteiger partial charge in [-0.2, -0.15) is 0 Å². The van der Waals surface area contributed by atoms with Crippen LogP contribution in [0, 0.1) is 0 Å². The molecule has 0 radical (unpaired) electrons. The lowest BCUT2D eigenvalue weighted by atomic mass is 10.2. The first kappa shape index (κ1) is 13.1. The third-order valence-corrected chi connectivity index (χ3v) is 2.41.